The fourth-order valence-corrected chi connectivity index (χ4v) is 2.28. The highest BCUT2D eigenvalue weighted by molar-refractivity contribution is 5.82. The average Bonchev–Trinajstić information content (AvgIpc) is 2.93. The van der Waals surface area contributed by atoms with E-state index in [0.29, 0.717) is 0 Å². The van der Waals surface area contributed by atoms with Crippen molar-refractivity contribution in [1.29, 1.82) is 0 Å². The fourth-order valence-electron chi connectivity index (χ4n) is 2.28. The molecule has 1 heterocycles. The lowest BCUT2D eigenvalue weighted by Gasteiger charge is -2.30. The van der Waals surface area contributed by atoms with Gasteiger partial charge in [-0.1, -0.05) is 30.3 Å². The number of rotatable bonds is 4. The van der Waals surface area contributed by atoms with E-state index in [2.05, 4.69) is 10.6 Å². The van der Waals surface area contributed by atoms with E-state index < -0.39 is 5.54 Å². The molecule has 1 fully saturated rings. The van der Waals surface area contributed by atoms with E-state index in [-0.39, 0.29) is 18.6 Å². The lowest BCUT2D eigenvalue weighted by Crippen LogP contribution is -2.52. The Labute approximate surface area is 107 Å². The highest BCUT2D eigenvalue weighted by Crippen LogP contribution is 2.20. The summed E-state index contributed by atoms with van der Waals surface area (Å²) < 4.78 is 0. The molecular weight excluding hydrogens is 228 g/mol. The second-order valence-electron chi connectivity index (χ2n) is 4.99. The zero-order valence-electron chi connectivity index (χ0n) is 10.6. The lowest BCUT2D eigenvalue weighted by atomic mass is 9.92. The Morgan fingerprint density at radius 3 is 2.78 bits per heavy atom. The van der Waals surface area contributed by atoms with Crippen molar-refractivity contribution in [1.82, 2.24) is 10.6 Å². The predicted molar refractivity (Wildman–Crippen MR) is 70.0 cm³/mol. The van der Waals surface area contributed by atoms with Crippen molar-refractivity contribution in [3.8, 4) is 0 Å². The number of carbonyl (C=O) groups is 1. The van der Waals surface area contributed by atoms with Gasteiger partial charge in [-0.2, -0.15) is 0 Å². The van der Waals surface area contributed by atoms with Crippen LogP contribution in [0.2, 0.25) is 0 Å². The van der Waals surface area contributed by atoms with Gasteiger partial charge in [0, 0.05) is 0 Å². The lowest BCUT2D eigenvalue weighted by molar-refractivity contribution is -0.125. The minimum absolute atomic E-state index is 0.0343. The number of carbonyl (C=O) groups excluding carboxylic acids is 1. The Bertz CT molecular complexity index is 402. The molecule has 2 atom stereocenters. The molecule has 0 bridgehead atoms. The number of nitrogens with one attached hydrogen (secondary N) is 2. The number of aliphatic hydroxyl groups is 1. The molecule has 1 saturated heterocycles. The zero-order valence-corrected chi connectivity index (χ0v) is 10.6. The number of hydrogen-bond acceptors (Lipinski definition) is 3. The van der Waals surface area contributed by atoms with Crippen LogP contribution in [-0.4, -0.2) is 30.2 Å². The summed E-state index contributed by atoms with van der Waals surface area (Å²) >= 11 is 0. The first-order valence-electron chi connectivity index (χ1n) is 6.37. The molecule has 0 saturated carbocycles. The number of amides is 1. The molecule has 1 aliphatic heterocycles. The molecular formula is C14H20N2O2. The highest BCUT2D eigenvalue weighted by atomic mass is 16.3. The molecule has 18 heavy (non-hydrogen) atoms. The minimum Gasteiger partial charge on any atom is -0.394 e. The maximum absolute atomic E-state index is 12.1. The van der Waals surface area contributed by atoms with Crippen LogP contribution in [0.3, 0.4) is 0 Å². The van der Waals surface area contributed by atoms with E-state index in [1.165, 1.54) is 0 Å². The summed E-state index contributed by atoms with van der Waals surface area (Å²) in [6.07, 6.45) is 1.89. The van der Waals surface area contributed by atoms with E-state index in [1.807, 2.05) is 37.3 Å². The van der Waals surface area contributed by atoms with Crippen molar-refractivity contribution in [2.75, 3.05) is 13.2 Å². The van der Waals surface area contributed by atoms with Crippen molar-refractivity contribution in [3.05, 3.63) is 35.9 Å². The standard InChI is InChI=1S/C14H20N2O2/c1-14(10-17,11-6-3-2-4-7-11)16-13(18)12-8-5-9-15-12/h2-4,6-7,12,15,17H,5,8-10H2,1H3,(H,16,18)/t12-,14?/m0/s1. The van der Waals surface area contributed by atoms with Gasteiger partial charge in [-0.15, -0.1) is 0 Å². The molecule has 1 aromatic carbocycles. The quantitative estimate of drug-likeness (QED) is 0.737. The van der Waals surface area contributed by atoms with Crippen molar-refractivity contribution in [2.24, 2.45) is 0 Å². The first-order valence-corrected chi connectivity index (χ1v) is 6.37. The van der Waals surface area contributed by atoms with Gasteiger partial charge in [-0.25, -0.2) is 0 Å². The summed E-state index contributed by atoms with van der Waals surface area (Å²) in [4.78, 5) is 12.1. The molecule has 1 unspecified atom stereocenters. The third-order valence-corrected chi connectivity index (χ3v) is 3.50. The van der Waals surface area contributed by atoms with Crippen LogP contribution in [0.15, 0.2) is 30.3 Å². The monoisotopic (exact) mass is 248 g/mol. The van der Waals surface area contributed by atoms with Gasteiger partial charge in [0.25, 0.3) is 0 Å². The minimum atomic E-state index is -0.720. The Hall–Kier alpha value is -1.39. The molecule has 0 spiro atoms. The third-order valence-electron chi connectivity index (χ3n) is 3.50. The van der Waals surface area contributed by atoms with Gasteiger partial charge in [-0.05, 0) is 31.9 Å². The number of aliphatic hydroxyl groups excluding tert-OH is 1. The zero-order chi connectivity index (χ0) is 13.0. The highest BCUT2D eigenvalue weighted by Gasteiger charge is 2.31. The molecule has 1 aliphatic rings. The van der Waals surface area contributed by atoms with Crippen LogP contribution in [0.1, 0.15) is 25.3 Å². The molecule has 0 radical (unpaired) electrons. The predicted octanol–water partition coefficient (Wildman–Crippen LogP) is 0.762. The van der Waals surface area contributed by atoms with E-state index in [1.54, 1.807) is 0 Å². The smallest absolute Gasteiger partial charge is 0.237 e. The Balaban J connectivity index is 2.10. The number of benzene rings is 1. The summed E-state index contributed by atoms with van der Waals surface area (Å²) in [5.41, 5.74) is 0.196. The first-order chi connectivity index (χ1) is 8.65. The van der Waals surface area contributed by atoms with Crippen molar-refractivity contribution >= 4 is 5.91 Å². The molecule has 1 aromatic rings. The van der Waals surface area contributed by atoms with E-state index in [0.717, 1.165) is 24.9 Å². The van der Waals surface area contributed by atoms with Crippen molar-refractivity contribution in [2.45, 2.75) is 31.3 Å². The second kappa shape index (κ2) is 5.50. The molecule has 0 aliphatic carbocycles. The molecule has 3 N–H and O–H groups in total. The average molecular weight is 248 g/mol. The van der Waals surface area contributed by atoms with Crippen LogP contribution < -0.4 is 10.6 Å². The fraction of sp³-hybridized carbons (Fsp3) is 0.500. The largest absolute Gasteiger partial charge is 0.394 e. The van der Waals surface area contributed by atoms with E-state index in [9.17, 15) is 9.90 Å². The van der Waals surface area contributed by atoms with Crippen LogP contribution in [0.25, 0.3) is 0 Å². The van der Waals surface area contributed by atoms with Crippen LogP contribution in [-0.2, 0) is 10.3 Å². The van der Waals surface area contributed by atoms with Crippen LogP contribution in [0.4, 0.5) is 0 Å². The molecule has 0 aromatic heterocycles. The molecule has 4 nitrogen and oxygen atoms in total. The maximum Gasteiger partial charge on any atom is 0.237 e. The topological polar surface area (TPSA) is 61.4 Å². The van der Waals surface area contributed by atoms with Crippen LogP contribution >= 0.6 is 0 Å². The van der Waals surface area contributed by atoms with Gasteiger partial charge in [0.2, 0.25) is 5.91 Å². The van der Waals surface area contributed by atoms with E-state index >= 15 is 0 Å². The second-order valence-corrected chi connectivity index (χ2v) is 4.99. The molecule has 1 amide bonds. The van der Waals surface area contributed by atoms with Crippen LogP contribution in [0.5, 0.6) is 0 Å². The van der Waals surface area contributed by atoms with Gasteiger partial charge in [-0.3, -0.25) is 4.79 Å². The summed E-state index contributed by atoms with van der Waals surface area (Å²) in [7, 11) is 0. The van der Waals surface area contributed by atoms with Gasteiger partial charge < -0.3 is 15.7 Å². The molecule has 2 rings (SSSR count). The van der Waals surface area contributed by atoms with Gasteiger partial charge >= 0.3 is 0 Å². The summed E-state index contributed by atoms with van der Waals surface area (Å²) in [6.45, 7) is 2.62. The molecule has 98 valence electrons. The summed E-state index contributed by atoms with van der Waals surface area (Å²) in [5.74, 6) is -0.0343. The summed E-state index contributed by atoms with van der Waals surface area (Å²) in [6, 6.07) is 9.44. The van der Waals surface area contributed by atoms with Crippen molar-refractivity contribution < 1.29 is 9.90 Å². The van der Waals surface area contributed by atoms with Gasteiger partial charge in [0.05, 0.1) is 18.2 Å². The van der Waals surface area contributed by atoms with Gasteiger partial charge in [0.15, 0.2) is 0 Å². The first kappa shape index (κ1) is 13.1. The third kappa shape index (κ3) is 2.71. The summed E-state index contributed by atoms with van der Waals surface area (Å²) in [5, 5.41) is 15.7. The number of hydrogen-bond donors (Lipinski definition) is 3. The van der Waals surface area contributed by atoms with Crippen LogP contribution in [0, 0.1) is 0 Å². The normalized spacial score (nSPS) is 22.4. The van der Waals surface area contributed by atoms with E-state index in [4.69, 9.17) is 0 Å². The molecule has 4 heteroatoms. The Morgan fingerprint density at radius 1 is 1.50 bits per heavy atom. The maximum atomic E-state index is 12.1. The Morgan fingerprint density at radius 2 is 2.22 bits per heavy atom. The van der Waals surface area contributed by atoms with Gasteiger partial charge in [0.1, 0.15) is 0 Å². The Kier molecular flexibility index (Phi) is 3.99. The van der Waals surface area contributed by atoms with Crippen molar-refractivity contribution in [3.63, 3.8) is 0 Å². The SMILES string of the molecule is CC(CO)(NC(=O)[C@@H]1CCCN1)c1ccccc1.